The third-order valence-electron chi connectivity index (χ3n) is 14.7. The van der Waals surface area contributed by atoms with Crippen molar-refractivity contribution in [1.29, 1.82) is 0 Å². The van der Waals surface area contributed by atoms with Crippen LogP contribution in [0.3, 0.4) is 0 Å². The monoisotopic (exact) mass is 959 g/mol. The molecule has 5 aromatic heterocycles. The van der Waals surface area contributed by atoms with Crippen molar-refractivity contribution in [2.45, 2.75) is 12.3 Å². The first kappa shape index (κ1) is 41.1. The van der Waals surface area contributed by atoms with Gasteiger partial charge >= 0.3 is 0 Å². The SMILES string of the molecule is C=Cc1ccc(N(c2ccc3oc4ccccc4c3c2)c2cccc3c2oc2sc4c(-c5ccccc5C(Cc5cccc6sc7ccccc7c56)c5ccc6oc7ccccc7c6c5)cccc4c23)cc1. The Labute approximate surface area is 421 Å². The van der Waals surface area contributed by atoms with E-state index in [0.29, 0.717) is 0 Å². The molecule has 0 N–H and O–H groups in total. The van der Waals surface area contributed by atoms with Crippen molar-refractivity contribution < 1.29 is 13.3 Å². The standard InChI is InChI=1S/C66H41NO3S2/c1-2-39-28-31-42(32-29-39)67(43-33-35-59-54(38-43)47-18-6-9-25-57(47)69-59)55-23-13-21-50-63-51-22-12-20-48(65(51)72-66(63)70-64(50)55)44-15-3-4-16-45(44)52(40-30-34-58-53(36-40)46-17-5-8-24-56(46)68-58)37-41-14-11-27-61-62(41)49-19-7-10-26-60(49)71-61/h2-36,38,52H,1,37H2. The van der Waals surface area contributed by atoms with Gasteiger partial charge in [-0.25, -0.2) is 0 Å². The van der Waals surface area contributed by atoms with E-state index in [2.05, 4.69) is 206 Å². The highest BCUT2D eigenvalue weighted by atomic mass is 32.1. The zero-order valence-corrected chi connectivity index (χ0v) is 40.4. The molecule has 0 bridgehead atoms. The van der Waals surface area contributed by atoms with Gasteiger partial charge in [-0.1, -0.05) is 164 Å². The van der Waals surface area contributed by atoms with Crippen molar-refractivity contribution in [3.8, 4) is 11.1 Å². The van der Waals surface area contributed by atoms with Crippen LogP contribution in [0.5, 0.6) is 0 Å². The van der Waals surface area contributed by atoms with Crippen LogP contribution in [0, 0.1) is 0 Å². The average molecular weight is 960 g/mol. The topological polar surface area (TPSA) is 42.7 Å². The molecule has 0 aliphatic rings. The molecule has 15 aromatic rings. The van der Waals surface area contributed by atoms with Crippen LogP contribution in [0.1, 0.15) is 28.2 Å². The highest BCUT2D eigenvalue weighted by molar-refractivity contribution is 7.26. The Morgan fingerprint density at radius 3 is 1.90 bits per heavy atom. The second kappa shape index (κ2) is 16.2. The Balaban J connectivity index is 0.904. The maximum Gasteiger partial charge on any atom is 0.190 e. The lowest BCUT2D eigenvalue weighted by molar-refractivity contribution is 0.668. The van der Waals surface area contributed by atoms with E-state index in [1.165, 1.54) is 58.1 Å². The Kier molecular flexibility index (Phi) is 9.25. The summed E-state index contributed by atoms with van der Waals surface area (Å²) in [5, 5.41) is 10.5. The van der Waals surface area contributed by atoms with Gasteiger partial charge in [0.1, 0.15) is 22.3 Å². The number of anilines is 3. The molecule has 0 radical (unpaired) electrons. The highest BCUT2D eigenvalue weighted by Crippen LogP contribution is 2.50. The van der Waals surface area contributed by atoms with Gasteiger partial charge in [-0.3, -0.25) is 0 Å². The summed E-state index contributed by atoms with van der Waals surface area (Å²) in [6.07, 6.45) is 2.70. The number of benzene rings is 10. The number of nitrogens with zero attached hydrogens (tertiary/aromatic N) is 1. The first-order valence-corrected chi connectivity index (χ1v) is 26.0. The summed E-state index contributed by atoms with van der Waals surface area (Å²) in [7, 11) is 0. The van der Waals surface area contributed by atoms with Crippen molar-refractivity contribution >= 4 is 141 Å². The smallest absolute Gasteiger partial charge is 0.190 e. The quantitative estimate of drug-likeness (QED) is 0.145. The van der Waals surface area contributed by atoms with Gasteiger partial charge < -0.3 is 18.2 Å². The summed E-state index contributed by atoms with van der Waals surface area (Å²) in [5.41, 5.74) is 14.7. The van der Waals surface area contributed by atoms with Crippen LogP contribution in [0.15, 0.2) is 232 Å². The molecule has 1 atom stereocenters. The first-order chi connectivity index (χ1) is 35.6. The number of rotatable bonds is 9. The van der Waals surface area contributed by atoms with Crippen molar-refractivity contribution in [1.82, 2.24) is 0 Å². The molecule has 0 aliphatic carbocycles. The van der Waals surface area contributed by atoms with Gasteiger partial charge in [-0.05, 0) is 113 Å². The highest BCUT2D eigenvalue weighted by Gasteiger charge is 2.27. The summed E-state index contributed by atoms with van der Waals surface area (Å²) in [5.74, 6) is 0.0240. The molecule has 340 valence electrons. The van der Waals surface area contributed by atoms with E-state index >= 15 is 0 Å². The maximum atomic E-state index is 7.17. The van der Waals surface area contributed by atoms with Gasteiger partial charge in [-0.2, -0.15) is 0 Å². The Bertz CT molecular complexity index is 4660. The van der Waals surface area contributed by atoms with Gasteiger partial charge in [0.2, 0.25) is 0 Å². The molecule has 1 unspecified atom stereocenters. The predicted molar refractivity (Wildman–Crippen MR) is 305 cm³/mol. The number of para-hydroxylation sites is 3. The van der Waals surface area contributed by atoms with E-state index in [-0.39, 0.29) is 5.92 Å². The molecule has 10 aromatic carbocycles. The van der Waals surface area contributed by atoms with Crippen LogP contribution in [0.4, 0.5) is 17.1 Å². The molecular weight excluding hydrogens is 919 g/mol. The van der Waals surface area contributed by atoms with E-state index in [1.54, 1.807) is 11.3 Å². The lowest BCUT2D eigenvalue weighted by Gasteiger charge is -2.25. The zero-order chi connectivity index (χ0) is 47.4. The minimum absolute atomic E-state index is 0.0240. The van der Waals surface area contributed by atoms with Crippen LogP contribution < -0.4 is 4.90 Å². The minimum Gasteiger partial charge on any atom is -0.456 e. The predicted octanol–water partition coefficient (Wildman–Crippen LogP) is 20.1. The van der Waals surface area contributed by atoms with Crippen molar-refractivity contribution in [2.24, 2.45) is 0 Å². The third kappa shape index (κ3) is 6.36. The largest absolute Gasteiger partial charge is 0.456 e. The van der Waals surface area contributed by atoms with Crippen LogP contribution in [0.25, 0.3) is 113 Å². The number of fused-ring (bicyclic) bond motifs is 14. The molecule has 72 heavy (non-hydrogen) atoms. The van der Waals surface area contributed by atoms with Gasteiger partial charge in [0.05, 0.1) is 5.69 Å². The second-order valence-electron chi connectivity index (χ2n) is 18.7. The van der Waals surface area contributed by atoms with E-state index in [1.807, 2.05) is 35.6 Å². The number of hydrogen-bond acceptors (Lipinski definition) is 6. The summed E-state index contributed by atoms with van der Waals surface area (Å²) >= 11 is 3.62. The number of furan rings is 3. The molecule has 0 fully saturated rings. The second-order valence-corrected chi connectivity index (χ2v) is 20.8. The van der Waals surface area contributed by atoms with E-state index in [4.69, 9.17) is 13.3 Å². The fraction of sp³-hybridized carbons (Fsp3) is 0.0303. The molecule has 0 saturated heterocycles. The van der Waals surface area contributed by atoms with E-state index in [9.17, 15) is 0 Å². The summed E-state index contributed by atoms with van der Waals surface area (Å²) < 4.78 is 23.7. The third-order valence-corrected chi connectivity index (χ3v) is 17.0. The average Bonchev–Trinajstić information content (AvgIpc) is 4.26. The fourth-order valence-corrected chi connectivity index (χ4v) is 13.8. The van der Waals surface area contributed by atoms with Crippen LogP contribution >= 0.6 is 22.7 Å². The van der Waals surface area contributed by atoms with Crippen LogP contribution in [-0.4, -0.2) is 0 Å². The fourth-order valence-electron chi connectivity index (χ4n) is 11.4. The van der Waals surface area contributed by atoms with Crippen LogP contribution in [0.2, 0.25) is 0 Å². The number of thiophene rings is 2. The first-order valence-electron chi connectivity index (χ1n) is 24.3. The minimum atomic E-state index is 0.0240. The molecule has 0 amide bonds. The normalized spacial score (nSPS) is 12.5. The van der Waals surface area contributed by atoms with Gasteiger partial charge in [-0.15, -0.1) is 11.3 Å². The van der Waals surface area contributed by atoms with Crippen LogP contribution in [-0.2, 0) is 6.42 Å². The summed E-state index contributed by atoms with van der Waals surface area (Å²) in [4.78, 5) is 3.21. The van der Waals surface area contributed by atoms with Gasteiger partial charge in [0.25, 0.3) is 0 Å². The Morgan fingerprint density at radius 1 is 0.458 bits per heavy atom. The van der Waals surface area contributed by atoms with Gasteiger partial charge in [0.15, 0.2) is 10.5 Å². The molecule has 15 rings (SSSR count). The summed E-state index contributed by atoms with van der Waals surface area (Å²) in [6.45, 7) is 4.03. The van der Waals surface area contributed by atoms with E-state index < -0.39 is 0 Å². The molecule has 5 heterocycles. The molecular formula is C66H41NO3S2. The Morgan fingerprint density at radius 2 is 1.08 bits per heavy atom. The molecule has 6 heteroatoms. The zero-order valence-electron chi connectivity index (χ0n) is 38.8. The van der Waals surface area contributed by atoms with Crippen molar-refractivity contribution in [3.63, 3.8) is 0 Å². The lowest BCUT2D eigenvalue weighted by atomic mass is 9.81. The van der Waals surface area contributed by atoms with E-state index in [0.717, 1.165) is 94.2 Å². The van der Waals surface area contributed by atoms with Crippen molar-refractivity contribution in [3.05, 3.63) is 241 Å². The molecule has 4 nitrogen and oxygen atoms in total. The van der Waals surface area contributed by atoms with Gasteiger partial charge in [0, 0.05) is 79.9 Å². The molecule has 0 aliphatic heterocycles. The maximum absolute atomic E-state index is 7.17. The number of hydrogen-bond donors (Lipinski definition) is 0. The Hall–Kier alpha value is -8.68. The summed E-state index contributed by atoms with van der Waals surface area (Å²) in [6, 6.07) is 76.5. The van der Waals surface area contributed by atoms with Crippen molar-refractivity contribution in [2.75, 3.05) is 4.90 Å². The molecule has 0 saturated carbocycles. The lowest BCUT2D eigenvalue weighted by Crippen LogP contribution is -2.10. The molecule has 0 spiro atoms.